The van der Waals surface area contributed by atoms with Crippen LogP contribution in [0, 0.1) is 6.92 Å². The summed E-state index contributed by atoms with van der Waals surface area (Å²) in [7, 11) is 0. The number of phenolic OH excluding ortho intramolecular Hbond substituents is 2. The smallest absolute Gasteiger partial charge is 0.163 e. The van der Waals surface area contributed by atoms with Gasteiger partial charge >= 0.3 is 0 Å². The Balaban J connectivity index is 3.26. The first-order chi connectivity index (χ1) is 6.07. The van der Waals surface area contributed by atoms with Crippen LogP contribution in [0.25, 0.3) is 0 Å². The Morgan fingerprint density at radius 3 is 2.54 bits per heavy atom. The molecule has 2 N–H and O–H groups in total. The fourth-order valence-corrected chi connectivity index (χ4v) is 1.18. The van der Waals surface area contributed by atoms with Crippen LogP contribution < -0.4 is 0 Å². The van der Waals surface area contributed by atoms with Crippen molar-refractivity contribution in [3.8, 4) is 11.5 Å². The van der Waals surface area contributed by atoms with Gasteiger partial charge < -0.3 is 10.2 Å². The first kappa shape index (κ1) is 9.58. The molecule has 13 heavy (non-hydrogen) atoms. The van der Waals surface area contributed by atoms with Gasteiger partial charge in [-0.25, -0.2) is 0 Å². The highest BCUT2D eigenvalue weighted by atomic mass is 16.3. The Labute approximate surface area is 76.6 Å². The van der Waals surface area contributed by atoms with E-state index in [4.69, 9.17) is 5.11 Å². The van der Waals surface area contributed by atoms with Crippen molar-refractivity contribution in [2.45, 2.75) is 20.3 Å². The summed E-state index contributed by atoms with van der Waals surface area (Å²) in [6.07, 6.45) is 0.394. The molecule has 0 aliphatic carbocycles. The van der Waals surface area contributed by atoms with Gasteiger partial charge in [0.25, 0.3) is 0 Å². The standard InChI is InChI=1S/C10H12O3/c1-3-8(11)7-4-5-9(12)10(13)6(7)2/h4-5,12-13H,3H2,1-2H3. The predicted molar refractivity (Wildman–Crippen MR) is 49.1 cm³/mol. The highest BCUT2D eigenvalue weighted by Crippen LogP contribution is 2.30. The molecule has 0 amide bonds. The minimum Gasteiger partial charge on any atom is -0.504 e. The summed E-state index contributed by atoms with van der Waals surface area (Å²) in [5.74, 6) is -0.433. The maximum atomic E-state index is 11.3. The zero-order chi connectivity index (χ0) is 10.0. The summed E-state index contributed by atoms with van der Waals surface area (Å²) in [6.45, 7) is 3.36. The third-order valence-corrected chi connectivity index (χ3v) is 2.03. The van der Waals surface area contributed by atoms with Gasteiger partial charge in [-0.2, -0.15) is 0 Å². The lowest BCUT2D eigenvalue weighted by molar-refractivity contribution is 0.0987. The van der Waals surface area contributed by atoms with Gasteiger partial charge in [-0.15, -0.1) is 0 Å². The normalized spacial score (nSPS) is 10.0. The van der Waals surface area contributed by atoms with Crippen LogP contribution in [0.5, 0.6) is 11.5 Å². The number of carbonyl (C=O) groups excluding carboxylic acids is 1. The van der Waals surface area contributed by atoms with E-state index < -0.39 is 0 Å². The number of Topliss-reactive ketones (excluding diaryl/α,β-unsaturated/α-hetero) is 1. The Hall–Kier alpha value is -1.51. The Morgan fingerprint density at radius 2 is 2.00 bits per heavy atom. The van der Waals surface area contributed by atoms with Gasteiger partial charge in [0.1, 0.15) is 0 Å². The van der Waals surface area contributed by atoms with Crippen molar-refractivity contribution in [3.05, 3.63) is 23.3 Å². The highest BCUT2D eigenvalue weighted by molar-refractivity contribution is 5.98. The Kier molecular flexibility index (Phi) is 2.56. The van der Waals surface area contributed by atoms with Crippen LogP contribution in [-0.4, -0.2) is 16.0 Å². The molecule has 3 nitrogen and oxygen atoms in total. The van der Waals surface area contributed by atoms with Crippen LogP contribution in [0.4, 0.5) is 0 Å². The van der Waals surface area contributed by atoms with Crippen LogP contribution in [0.1, 0.15) is 29.3 Å². The molecule has 1 aromatic rings. The molecule has 70 valence electrons. The second-order valence-corrected chi connectivity index (χ2v) is 2.88. The molecule has 0 saturated carbocycles. The second kappa shape index (κ2) is 3.47. The molecule has 1 aromatic carbocycles. The molecule has 0 aromatic heterocycles. The van der Waals surface area contributed by atoms with Gasteiger partial charge in [-0.05, 0) is 19.1 Å². The van der Waals surface area contributed by atoms with Crippen molar-refractivity contribution < 1.29 is 15.0 Å². The van der Waals surface area contributed by atoms with Gasteiger partial charge in [-0.1, -0.05) is 6.92 Å². The van der Waals surface area contributed by atoms with E-state index in [1.165, 1.54) is 12.1 Å². The van der Waals surface area contributed by atoms with Crippen LogP contribution in [0.3, 0.4) is 0 Å². The van der Waals surface area contributed by atoms with E-state index in [1.54, 1.807) is 13.8 Å². The SMILES string of the molecule is CCC(=O)c1ccc(O)c(O)c1C. The van der Waals surface area contributed by atoms with Crippen LogP contribution in [0.15, 0.2) is 12.1 Å². The van der Waals surface area contributed by atoms with Gasteiger partial charge in [-0.3, -0.25) is 4.79 Å². The maximum absolute atomic E-state index is 11.3. The summed E-state index contributed by atoms with van der Waals surface area (Å²) < 4.78 is 0. The van der Waals surface area contributed by atoms with Crippen molar-refractivity contribution >= 4 is 5.78 Å². The maximum Gasteiger partial charge on any atom is 0.163 e. The molecular formula is C10H12O3. The summed E-state index contributed by atoms with van der Waals surface area (Å²) >= 11 is 0. The zero-order valence-electron chi connectivity index (χ0n) is 7.66. The molecule has 0 heterocycles. The fourth-order valence-electron chi connectivity index (χ4n) is 1.18. The third kappa shape index (κ3) is 1.64. The van der Waals surface area contributed by atoms with Crippen molar-refractivity contribution in [2.24, 2.45) is 0 Å². The first-order valence-corrected chi connectivity index (χ1v) is 4.12. The zero-order valence-corrected chi connectivity index (χ0v) is 7.66. The molecule has 0 fully saturated rings. The lowest BCUT2D eigenvalue weighted by Gasteiger charge is -2.06. The predicted octanol–water partition coefficient (Wildman–Crippen LogP) is 2.00. The Bertz CT molecular complexity index is 342. The molecule has 0 aliphatic rings. The van der Waals surface area contributed by atoms with Crippen LogP contribution >= 0.6 is 0 Å². The minimum absolute atomic E-state index is 0.0344. The van der Waals surface area contributed by atoms with Gasteiger partial charge in [0.05, 0.1) is 0 Å². The number of hydrogen-bond acceptors (Lipinski definition) is 3. The molecule has 0 spiro atoms. The summed E-state index contributed by atoms with van der Waals surface area (Å²) in [4.78, 5) is 11.3. The molecule has 0 atom stereocenters. The van der Waals surface area contributed by atoms with Gasteiger partial charge in [0.2, 0.25) is 0 Å². The molecule has 0 aliphatic heterocycles. The number of benzene rings is 1. The highest BCUT2D eigenvalue weighted by Gasteiger charge is 2.12. The van der Waals surface area contributed by atoms with E-state index in [0.29, 0.717) is 17.5 Å². The molecule has 3 heteroatoms. The summed E-state index contributed by atoms with van der Waals surface area (Å²) in [6, 6.07) is 2.85. The minimum atomic E-state index is -0.209. The second-order valence-electron chi connectivity index (χ2n) is 2.88. The van der Waals surface area contributed by atoms with Gasteiger partial charge in [0, 0.05) is 17.5 Å². The lowest BCUT2D eigenvalue weighted by atomic mass is 10.0. The first-order valence-electron chi connectivity index (χ1n) is 4.12. The van der Waals surface area contributed by atoms with E-state index in [1.807, 2.05) is 0 Å². The number of aromatic hydroxyl groups is 2. The molecule has 0 bridgehead atoms. The van der Waals surface area contributed by atoms with Crippen molar-refractivity contribution in [2.75, 3.05) is 0 Å². The fraction of sp³-hybridized carbons (Fsp3) is 0.300. The number of phenols is 2. The van der Waals surface area contributed by atoms with E-state index in [-0.39, 0.29) is 17.3 Å². The van der Waals surface area contributed by atoms with Crippen molar-refractivity contribution in [1.82, 2.24) is 0 Å². The lowest BCUT2D eigenvalue weighted by Crippen LogP contribution is -1.99. The van der Waals surface area contributed by atoms with Crippen molar-refractivity contribution in [3.63, 3.8) is 0 Å². The number of hydrogen-bond donors (Lipinski definition) is 2. The Morgan fingerprint density at radius 1 is 1.38 bits per heavy atom. The van der Waals surface area contributed by atoms with Crippen molar-refractivity contribution in [1.29, 1.82) is 0 Å². The van der Waals surface area contributed by atoms with Gasteiger partial charge in [0.15, 0.2) is 17.3 Å². The summed E-state index contributed by atoms with van der Waals surface area (Å²) in [5, 5.41) is 18.4. The monoisotopic (exact) mass is 180 g/mol. The summed E-state index contributed by atoms with van der Waals surface area (Å²) in [5.41, 5.74) is 0.907. The molecule has 0 radical (unpaired) electrons. The number of carbonyl (C=O) groups is 1. The average Bonchev–Trinajstić information content (AvgIpc) is 2.13. The molecule has 0 saturated heterocycles. The number of ketones is 1. The van der Waals surface area contributed by atoms with E-state index in [9.17, 15) is 9.90 Å². The molecular weight excluding hydrogens is 168 g/mol. The van der Waals surface area contributed by atoms with Crippen LogP contribution in [0.2, 0.25) is 0 Å². The quantitative estimate of drug-likeness (QED) is 0.540. The topological polar surface area (TPSA) is 57.5 Å². The molecule has 1 rings (SSSR count). The molecule has 0 unspecified atom stereocenters. The van der Waals surface area contributed by atoms with Crippen LogP contribution in [-0.2, 0) is 0 Å². The number of rotatable bonds is 2. The van der Waals surface area contributed by atoms with E-state index in [0.717, 1.165) is 0 Å². The van der Waals surface area contributed by atoms with E-state index >= 15 is 0 Å². The largest absolute Gasteiger partial charge is 0.504 e. The van der Waals surface area contributed by atoms with E-state index in [2.05, 4.69) is 0 Å². The third-order valence-electron chi connectivity index (χ3n) is 2.03. The average molecular weight is 180 g/mol.